The number of ether oxygens (including phenoxy) is 2. The maximum atomic E-state index is 8.20. The fourth-order valence-electron chi connectivity index (χ4n) is 1.51. The molecule has 0 unspecified atom stereocenters. The fraction of sp³-hybridized carbons (Fsp3) is 0.455. The summed E-state index contributed by atoms with van der Waals surface area (Å²) in [4.78, 5) is 2.72. The first kappa shape index (κ1) is 12.2. The van der Waals surface area contributed by atoms with E-state index < -0.39 is 0 Å². The average Bonchev–Trinajstić information content (AvgIpc) is 2.31. The third kappa shape index (κ3) is 2.81. The van der Waals surface area contributed by atoms with Crippen LogP contribution in [0.2, 0.25) is 0 Å². The Morgan fingerprint density at radius 1 is 1.25 bits per heavy atom. The van der Waals surface area contributed by atoms with Crippen LogP contribution in [0, 0.1) is 6.92 Å². The molecule has 0 aromatic heterocycles. The topological polar surface area (TPSA) is 67.2 Å². The number of azide groups is 1. The monoisotopic (exact) mass is 221 g/mol. The summed E-state index contributed by atoms with van der Waals surface area (Å²) >= 11 is 0. The Morgan fingerprint density at radius 2 is 1.81 bits per heavy atom. The summed E-state index contributed by atoms with van der Waals surface area (Å²) < 4.78 is 10.5. The molecule has 1 aromatic rings. The molecule has 86 valence electrons. The smallest absolute Gasteiger partial charge is 0.125 e. The van der Waals surface area contributed by atoms with Crippen molar-refractivity contribution in [3.63, 3.8) is 0 Å². The van der Waals surface area contributed by atoms with E-state index >= 15 is 0 Å². The molecule has 0 atom stereocenters. The molecule has 0 N–H and O–H groups in total. The molecule has 0 amide bonds. The predicted octanol–water partition coefficient (Wildman–Crippen LogP) is 2.87. The Hall–Kier alpha value is -1.87. The highest BCUT2D eigenvalue weighted by Gasteiger charge is 2.07. The lowest BCUT2D eigenvalue weighted by Gasteiger charge is -2.12. The molecule has 5 heteroatoms. The van der Waals surface area contributed by atoms with Crippen LogP contribution in [0.25, 0.3) is 10.4 Å². The molecule has 5 nitrogen and oxygen atoms in total. The molecule has 0 aliphatic rings. The Balaban J connectivity index is 2.97. The van der Waals surface area contributed by atoms with E-state index in [0.29, 0.717) is 13.0 Å². The van der Waals surface area contributed by atoms with Gasteiger partial charge in [0.15, 0.2) is 0 Å². The number of methoxy groups -OCH3 is 2. The zero-order valence-corrected chi connectivity index (χ0v) is 9.73. The van der Waals surface area contributed by atoms with Gasteiger partial charge in [0, 0.05) is 17.0 Å². The highest BCUT2D eigenvalue weighted by Crippen LogP contribution is 2.29. The molecule has 0 radical (unpaired) electrons. The standard InChI is InChI=1S/C11H15N3O2/c1-8-10(15-2)6-9(4-5-13-14-12)7-11(8)16-3/h6-7H,4-5H2,1-3H3. The first-order chi connectivity index (χ1) is 7.72. The van der Waals surface area contributed by atoms with Crippen molar-refractivity contribution in [1.29, 1.82) is 0 Å². The molecule has 0 aliphatic carbocycles. The van der Waals surface area contributed by atoms with Crippen LogP contribution >= 0.6 is 0 Å². The van der Waals surface area contributed by atoms with Crippen LogP contribution in [0.15, 0.2) is 17.2 Å². The van der Waals surface area contributed by atoms with E-state index in [0.717, 1.165) is 22.6 Å². The van der Waals surface area contributed by atoms with E-state index in [4.69, 9.17) is 15.0 Å². The molecule has 0 saturated heterocycles. The van der Waals surface area contributed by atoms with Crippen LogP contribution in [0.3, 0.4) is 0 Å². The Labute approximate surface area is 94.6 Å². The minimum atomic E-state index is 0.436. The van der Waals surface area contributed by atoms with Crippen LogP contribution in [0.4, 0.5) is 0 Å². The largest absolute Gasteiger partial charge is 0.496 e. The van der Waals surface area contributed by atoms with Crippen molar-refractivity contribution < 1.29 is 9.47 Å². The van der Waals surface area contributed by atoms with Gasteiger partial charge < -0.3 is 9.47 Å². The number of rotatable bonds is 5. The lowest BCUT2D eigenvalue weighted by molar-refractivity contribution is 0.388. The summed E-state index contributed by atoms with van der Waals surface area (Å²) in [6, 6.07) is 3.87. The second kappa shape index (κ2) is 5.88. The van der Waals surface area contributed by atoms with Crippen molar-refractivity contribution in [1.82, 2.24) is 0 Å². The summed E-state index contributed by atoms with van der Waals surface area (Å²) in [5, 5.41) is 3.50. The quantitative estimate of drug-likeness (QED) is 0.436. The van der Waals surface area contributed by atoms with Gasteiger partial charge in [-0.05, 0) is 36.6 Å². The van der Waals surface area contributed by atoms with Crippen LogP contribution in [-0.4, -0.2) is 20.8 Å². The minimum absolute atomic E-state index is 0.436. The maximum absolute atomic E-state index is 8.20. The van der Waals surface area contributed by atoms with Gasteiger partial charge in [-0.1, -0.05) is 5.11 Å². The molecule has 0 fully saturated rings. The van der Waals surface area contributed by atoms with Gasteiger partial charge in [0.05, 0.1) is 14.2 Å². The fourth-order valence-corrected chi connectivity index (χ4v) is 1.51. The molecule has 0 spiro atoms. The molecule has 1 aromatic carbocycles. The van der Waals surface area contributed by atoms with E-state index in [-0.39, 0.29) is 0 Å². The van der Waals surface area contributed by atoms with Crippen LogP contribution in [0.5, 0.6) is 11.5 Å². The van der Waals surface area contributed by atoms with Crippen molar-refractivity contribution in [2.75, 3.05) is 20.8 Å². The third-order valence-electron chi connectivity index (χ3n) is 2.38. The van der Waals surface area contributed by atoms with Gasteiger partial charge in [0.25, 0.3) is 0 Å². The summed E-state index contributed by atoms with van der Waals surface area (Å²) in [5.74, 6) is 1.57. The van der Waals surface area contributed by atoms with E-state index in [1.165, 1.54) is 0 Å². The second-order valence-electron chi connectivity index (χ2n) is 3.33. The Kier molecular flexibility index (Phi) is 4.48. The first-order valence-corrected chi connectivity index (χ1v) is 4.95. The van der Waals surface area contributed by atoms with Gasteiger partial charge in [0.2, 0.25) is 0 Å². The summed E-state index contributed by atoms with van der Waals surface area (Å²) in [5.41, 5.74) is 10.2. The number of hydrogen-bond acceptors (Lipinski definition) is 3. The van der Waals surface area contributed by atoms with Gasteiger partial charge in [-0.2, -0.15) is 0 Å². The van der Waals surface area contributed by atoms with Crippen LogP contribution < -0.4 is 9.47 Å². The minimum Gasteiger partial charge on any atom is -0.496 e. The van der Waals surface area contributed by atoms with Gasteiger partial charge in [-0.25, -0.2) is 0 Å². The number of benzene rings is 1. The molecule has 0 aliphatic heterocycles. The molecular weight excluding hydrogens is 206 g/mol. The van der Waals surface area contributed by atoms with E-state index in [1.54, 1.807) is 14.2 Å². The van der Waals surface area contributed by atoms with Crippen molar-refractivity contribution >= 4 is 0 Å². The van der Waals surface area contributed by atoms with Crippen LogP contribution in [0.1, 0.15) is 11.1 Å². The molecule has 1 rings (SSSR count). The lowest BCUT2D eigenvalue weighted by atomic mass is 10.1. The molecule has 0 bridgehead atoms. The summed E-state index contributed by atoms with van der Waals surface area (Å²) in [7, 11) is 3.25. The highest BCUT2D eigenvalue weighted by atomic mass is 16.5. The van der Waals surface area contributed by atoms with Gasteiger partial charge in [-0.3, -0.25) is 0 Å². The normalized spacial score (nSPS) is 9.44. The van der Waals surface area contributed by atoms with Crippen molar-refractivity contribution in [3.05, 3.63) is 33.7 Å². The van der Waals surface area contributed by atoms with Crippen LogP contribution in [-0.2, 0) is 6.42 Å². The number of hydrogen-bond donors (Lipinski definition) is 0. The van der Waals surface area contributed by atoms with E-state index in [2.05, 4.69) is 10.0 Å². The molecule has 0 saturated carbocycles. The van der Waals surface area contributed by atoms with Crippen molar-refractivity contribution in [3.8, 4) is 11.5 Å². The lowest BCUT2D eigenvalue weighted by Crippen LogP contribution is -1.96. The van der Waals surface area contributed by atoms with E-state index in [1.807, 2.05) is 19.1 Å². The highest BCUT2D eigenvalue weighted by molar-refractivity contribution is 5.47. The van der Waals surface area contributed by atoms with Gasteiger partial charge >= 0.3 is 0 Å². The summed E-state index contributed by atoms with van der Waals surface area (Å²) in [6.45, 7) is 2.38. The Morgan fingerprint density at radius 3 is 2.25 bits per heavy atom. The zero-order valence-electron chi connectivity index (χ0n) is 9.73. The SMILES string of the molecule is COc1cc(CCN=[N+]=[N-])cc(OC)c1C. The molecular formula is C11H15N3O2. The van der Waals surface area contributed by atoms with Crippen molar-refractivity contribution in [2.24, 2.45) is 5.11 Å². The van der Waals surface area contributed by atoms with Gasteiger partial charge in [0.1, 0.15) is 11.5 Å². The molecule has 0 heterocycles. The van der Waals surface area contributed by atoms with Gasteiger partial charge in [-0.15, -0.1) is 0 Å². The zero-order chi connectivity index (χ0) is 12.0. The number of nitrogens with zero attached hydrogens (tertiary/aromatic N) is 3. The second-order valence-corrected chi connectivity index (χ2v) is 3.33. The third-order valence-corrected chi connectivity index (χ3v) is 2.38. The van der Waals surface area contributed by atoms with E-state index in [9.17, 15) is 0 Å². The average molecular weight is 221 g/mol. The maximum Gasteiger partial charge on any atom is 0.125 e. The summed E-state index contributed by atoms with van der Waals surface area (Å²) in [6.07, 6.45) is 0.678. The first-order valence-electron chi connectivity index (χ1n) is 4.95. The predicted molar refractivity (Wildman–Crippen MR) is 62.0 cm³/mol. The molecule has 16 heavy (non-hydrogen) atoms. The van der Waals surface area contributed by atoms with Crippen molar-refractivity contribution in [2.45, 2.75) is 13.3 Å². The Bertz CT molecular complexity index is 387.